The van der Waals surface area contributed by atoms with Crippen LogP contribution in [-0.4, -0.2) is 49.0 Å². The van der Waals surface area contributed by atoms with Crippen LogP contribution in [0.1, 0.15) is 12.8 Å². The number of piperidine rings is 1. The molecular formula is C16H18Cl2N2O5. The van der Waals surface area contributed by atoms with Gasteiger partial charge in [-0.15, -0.1) is 0 Å². The summed E-state index contributed by atoms with van der Waals surface area (Å²) < 4.78 is 10.1. The zero-order chi connectivity index (χ0) is 18.4. The second-order valence-electron chi connectivity index (χ2n) is 5.61. The maximum atomic E-state index is 12.1. The molecule has 1 aromatic carbocycles. The van der Waals surface area contributed by atoms with Crippen LogP contribution < -0.4 is 10.5 Å². The van der Waals surface area contributed by atoms with Gasteiger partial charge in [0.25, 0.3) is 5.91 Å². The van der Waals surface area contributed by atoms with Gasteiger partial charge in [0, 0.05) is 18.1 Å². The van der Waals surface area contributed by atoms with Crippen molar-refractivity contribution in [3.63, 3.8) is 0 Å². The summed E-state index contributed by atoms with van der Waals surface area (Å²) >= 11 is 11.7. The molecule has 2 amide bonds. The summed E-state index contributed by atoms with van der Waals surface area (Å²) in [5, 5.41) is 0.712. The minimum Gasteiger partial charge on any atom is -0.480 e. The first-order valence-electron chi connectivity index (χ1n) is 7.67. The van der Waals surface area contributed by atoms with E-state index in [0.29, 0.717) is 24.4 Å². The van der Waals surface area contributed by atoms with Crippen LogP contribution in [0.4, 0.5) is 0 Å². The summed E-state index contributed by atoms with van der Waals surface area (Å²) in [5.41, 5.74) is 5.27. The van der Waals surface area contributed by atoms with Crippen LogP contribution in [0, 0.1) is 5.92 Å². The normalized spacial score (nSPS) is 17.0. The van der Waals surface area contributed by atoms with E-state index in [1.807, 2.05) is 0 Å². The molecule has 1 aromatic rings. The highest BCUT2D eigenvalue weighted by atomic mass is 35.5. The quantitative estimate of drug-likeness (QED) is 0.746. The van der Waals surface area contributed by atoms with Crippen molar-refractivity contribution >= 4 is 41.0 Å². The van der Waals surface area contributed by atoms with Crippen molar-refractivity contribution in [3.8, 4) is 5.75 Å². The zero-order valence-electron chi connectivity index (χ0n) is 13.4. The molecule has 0 aromatic heterocycles. The maximum absolute atomic E-state index is 12.1. The molecule has 1 fully saturated rings. The first-order valence-corrected chi connectivity index (χ1v) is 8.43. The van der Waals surface area contributed by atoms with Crippen LogP contribution in [0.3, 0.4) is 0 Å². The van der Waals surface area contributed by atoms with Crippen LogP contribution in [0.2, 0.25) is 10.0 Å². The van der Waals surface area contributed by atoms with E-state index in [1.165, 1.54) is 17.0 Å². The predicted octanol–water partition coefficient (Wildman–Crippen LogP) is 1.64. The van der Waals surface area contributed by atoms with E-state index in [0.717, 1.165) is 0 Å². The van der Waals surface area contributed by atoms with Crippen molar-refractivity contribution in [3.05, 3.63) is 28.2 Å². The lowest BCUT2D eigenvalue weighted by atomic mass is 9.97. The SMILES string of the molecule is NC(=O)[C@H]1CCCN(C(=O)COC(=O)COc2ccc(Cl)cc2Cl)C1. The number of rotatable bonds is 6. The van der Waals surface area contributed by atoms with Gasteiger partial charge in [-0.1, -0.05) is 23.2 Å². The van der Waals surface area contributed by atoms with E-state index in [-0.39, 0.29) is 29.1 Å². The fraction of sp³-hybridized carbons (Fsp3) is 0.438. The molecule has 136 valence electrons. The minimum atomic E-state index is -0.706. The Bertz CT molecular complexity index is 668. The average Bonchev–Trinajstić information content (AvgIpc) is 2.59. The van der Waals surface area contributed by atoms with Crippen molar-refractivity contribution in [1.29, 1.82) is 0 Å². The van der Waals surface area contributed by atoms with E-state index < -0.39 is 25.1 Å². The molecule has 0 saturated carbocycles. The van der Waals surface area contributed by atoms with E-state index in [9.17, 15) is 14.4 Å². The molecule has 7 nitrogen and oxygen atoms in total. The van der Waals surface area contributed by atoms with Crippen LogP contribution in [0.5, 0.6) is 5.75 Å². The van der Waals surface area contributed by atoms with Crippen LogP contribution in [0.15, 0.2) is 18.2 Å². The van der Waals surface area contributed by atoms with Gasteiger partial charge in [-0.05, 0) is 31.0 Å². The molecule has 1 atom stereocenters. The Kier molecular flexibility index (Phi) is 6.90. The zero-order valence-corrected chi connectivity index (χ0v) is 14.9. The van der Waals surface area contributed by atoms with Gasteiger partial charge in [-0.3, -0.25) is 9.59 Å². The predicted molar refractivity (Wildman–Crippen MR) is 91.4 cm³/mol. The molecular weight excluding hydrogens is 371 g/mol. The maximum Gasteiger partial charge on any atom is 0.344 e. The van der Waals surface area contributed by atoms with E-state index in [2.05, 4.69) is 0 Å². The number of halogens is 2. The fourth-order valence-corrected chi connectivity index (χ4v) is 2.90. The van der Waals surface area contributed by atoms with Crippen molar-refractivity contribution in [2.45, 2.75) is 12.8 Å². The van der Waals surface area contributed by atoms with Gasteiger partial charge in [-0.2, -0.15) is 0 Å². The number of carbonyl (C=O) groups excluding carboxylic acids is 3. The first kappa shape index (κ1) is 19.3. The fourth-order valence-electron chi connectivity index (χ4n) is 2.44. The molecule has 0 radical (unpaired) electrons. The van der Waals surface area contributed by atoms with Gasteiger partial charge in [0.1, 0.15) is 5.75 Å². The Hall–Kier alpha value is -1.99. The number of likely N-dealkylation sites (tertiary alicyclic amines) is 1. The van der Waals surface area contributed by atoms with Gasteiger partial charge in [0.2, 0.25) is 5.91 Å². The van der Waals surface area contributed by atoms with Crippen molar-refractivity contribution < 1.29 is 23.9 Å². The van der Waals surface area contributed by atoms with Gasteiger partial charge < -0.3 is 20.1 Å². The number of primary amides is 1. The molecule has 25 heavy (non-hydrogen) atoms. The third-order valence-corrected chi connectivity index (χ3v) is 4.30. The van der Waals surface area contributed by atoms with Crippen molar-refractivity contribution in [2.75, 3.05) is 26.3 Å². The Labute approximate surface area is 154 Å². The second-order valence-corrected chi connectivity index (χ2v) is 6.45. The third-order valence-electron chi connectivity index (χ3n) is 3.77. The molecule has 0 aliphatic carbocycles. The van der Waals surface area contributed by atoms with Crippen LogP contribution in [0.25, 0.3) is 0 Å². The number of esters is 1. The number of nitrogens with zero attached hydrogens (tertiary/aromatic N) is 1. The Morgan fingerprint density at radius 1 is 1.24 bits per heavy atom. The van der Waals surface area contributed by atoms with E-state index in [1.54, 1.807) is 6.07 Å². The number of hydrogen-bond donors (Lipinski definition) is 1. The number of nitrogens with two attached hydrogens (primary N) is 1. The lowest BCUT2D eigenvalue weighted by Gasteiger charge is -2.31. The monoisotopic (exact) mass is 388 g/mol. The lowest BCUT2D eigenvalue weighted by molar-refractivity contribution is -0.154. The molecule has 0 spiro atoms. The number of ether oxygens (including phenoxy) is 2. The second kappa shape index (κ2) is 8.92. The van der Waals surface area contributed by atoms with Crippen molar-refractivity contribution in [2.24, 2.45) is 11.7 Å². The van der Waals surface area contributed by atoms with Gasteiger partial charge in [0.05, 0.1) is 10.9 Å². The molecule has 1 aliphatic heterocycles. The topological polar surface area (TPSA) is 98.9 Å². The molecule has 1 saturated heterocycles. The summed E-state index contributed by atoms with van der Waals surface area (Å²) in [6.45, 7) is -0.0415. The molecule has 9 heteroatoms. The Morgan fingerprint density at radius 3 is 2.68 bits per heavy atom. The highest BCUT2D eigenvalue weighted by Gasteiger charge is 2.27. The number of carbonyl (C=O) groups is 3. The van der Waals surface area contributed by atoms with E-state index >= 15 is 0 Å². The lowest BCUT2D eigenvalue weighted by Crippen LogP contribution is -2.45. The Balaban J connectivity index is 1.75. The minimum absolute atomic E-state index is 0.253. The molecule has 1 heterocycles. The van der Waals surface area contributed by atoms with Crippen LogP contribution >= 0.6 is 23.2 Å². The molecule has 2 rings (SSSR count). The summed E-state index contributed by atoms with van der Waals surface area (Å²) in [4.78, 5) is 36.4. The molecule has 2 N–H and O–H groups in total. The number of amides is 2. The summed E-state index contributed by atoms with van der Waals surface area (Å²) in [6, 6.07) is 4.59. The Morgan fingerprint density at radius 2 is 2.00 bits per heavy atom. The number of benzene rings is 1. The summed E-state index contributed by atoms with van der Waals surface area (Å²) in [6.07, 6.45) is 1.35. The van der Waals surface area contributed by atoms with E-state index in [4.69, 9.17) is 38.4 Å². The van der Waals surface area contributed by atoms with Crippen molar-refractivity contribution in [1.82, 2.24) is 4.90 Å². The molecule has 1 aliphatic rings. The average molecular weight is 389 g/mol. The third kappa shape index (κ3) is 5.79. The highest BCUT2D eigenvalue weighted by Crippen LogP contribution is 2.27. The van der Waals surface area contributed by atoms with Gasteiger partial charge in [0.15, 0.2) is 13.2 Å². The first-order chi connectivity index (χ1) is 11.9. The smallest absolute Gasteiger partial charge is 0.344 e. The standard InChI is InChI=1S/C16H18Cl2N2O5/c17-11-3-4-13(12(18)6-11)24-9-15(22)25-8-14(21)20-5-1-2-10(7-20)16(19)23/h3-4,6,10H,1-2,5,7-9H2,(H2,19,23)/t10-/m0/s1. The molecule has 0 unspecified atom stereocenters. The van der Waals surface area contributed by atoms with Gasteiger partial charge >= 0.3 is 5.97 Å². The van der Waals surface area contributed by atoms with Crippen LogP contribution in [-0.2, 0) is 19.1 Å². The largest absolute Gasteiger partial charge is 0.480 e. The number of hydrogen-bond acceptors (Lipinski definition) is 5. The van der Waals surface area contributed by atoms with Gasteiger partial charge in [-0.25, -0.2) is 4.79 Å². The highest BCUT2D eigenvalue weighted by molar-refractivity contribution is 6.35. The summed E-state index contributed by atoms with van der Waals surface area (Å²) in [7, 11) is 0. The summed E-state index contributed by atoms with van der Waals surface area (Å²) in [5.74, 6) is -1.58. The molecule has 0 bridgehead atoms.